The molecule has 0 spiro atoms. The third-order valence-electron chi connectivity index (χ3n) is 9.55. The summed E-state index contributed by atoms with van der Waals surface area (Å²) < 4.78 is 11.1. The number of terminal acetylenes is 1. The van der Waals surface area contributed by atoms with Crippen LogP contribution in [0.2, 0.25) is 0 Å². The van der Waals surface area contributed by atoms with Gasteiger partial charge in [0.15, 0.2) is 0 Å². The first-order valence-corrected chi connectivity index (χ1v) is 10.9. The Labute approximate surface area is 168 Å². The molecule has 1 saturated heterocycles. The number of methoxy groups -OCH3 is 1. The van der Waals surface area contributed by atoms with Crippen LogP contribution in [0.15, 0.2) is 11.6 Å². The normalized spacial score (nSPS) is 54.0. The van der Waals surface area contributed by atoms with Crippen LogP contribution in [-0.2, 0) is 14.3 Å². The number of allylic oxidation sites excluding steroid dienone is 2. The third-order valence-corrected chi connectivity index (χ3v) is 9.55. The fourth-order valence-corrected chi connectivity index (χ4v) is 7.61. The van der Waals surface area contributed by atoms with Gasteiger partial charge in [0.1, 0.15) is 5.60 Å². The minimum Gasteiger partial charge on any atom is -0.469 e. The molecule has 4 fully saturated rings. The molecule has 1 heterocycles. The summed E-state index contributed by atoms with van der Waals surface area (Å²) in [5, 5.41) is 11.2. The zero-order valence-electron chi connectivity index (χ0n) is 17.2. The maximum atomic E-state index is 12.9. The number of hydrogen-bond acceptors (Lipinski definition) is 4. The molecule has 8 unspecified atom stereocenters. The van der Waals surface area contributed by atoms with Crippen molar-refractivity contribution in [3.8, 4) is 12.3 Å². The molecule has 0 amide bonds. The lowest BCUT2D eigenvalue weighted by molar-refractivity contribution is -0.153. The smallest absolute Gasteiger partial charge is 0.309 e. The summed E-state index contributed by atoms with van der Waals surface area (Å²) >= 11 is 0. The van der Waals surface area contributed by atoms with E-state index in [1.165, 1.54) is 12.7 Å². The lowest BCUT2D eigenvalue weighted by atomic mass is 9.47. The number of ether oxygens (including phenoxy) is 2. The standard InChI is InChI=1S/C24H32O4/c1-5-24(26)11-7-17-20-15(21(25)27-4)12-14-13-19-18(28-19)8-9-22(14,2)16(20)6-10-23(17,24)3/h1,6,14-15,17-20,26H,7-13H2,2-4H3/t14?,15-,17?,18?,19?,20?,22?,23?,24?/m1/s1. The van der Waals surface area contributed by atoms with E-state index >= 15 is 0 Å². The van der Waals surface area contributed by atoms with Gasteiger partial charge in [0.2, 0.25) is 0 Å². The monoisotopic (exact) mass is 384 g/mol. The van der Waals surface area contributed by atoms with E-state index in [9.17, 15) is 9.90 Å². The van der Waals surface area contributed by atoms with E-state index in [4.69, 9.17) is 15.9 Å². The molecule has 0 aromatic carbocycles. The first kappa shape index (κ1) is 18.7. The third kappa shape index (κ3) is 2.24. The number of fused-ring (bicyclic) bond motifs is 6. The van der Waals surface area contributed by atoms with Crippen molar-refractivity contribution in [3.63, 3.8) is 0 Å². The van der Waals surface area contributed by atoms with Crippen LogP contribution in [0.5, 0.6) is 0 Å². The second kappa shape index (κ2) is 5.86. The molecule has 1 aliphatic heterocycles. The second-order valence-electron chi connectivity index (χ2n) is 10.4. The van der Waals surface area contributed by atoms with Gasteiger partial charge in [0, 0.05) is 5.41 Å². The maximum absolute atomic E-state index is 12.9. The van der Waals surface area contributed by atoms with Crippen LogP contribution in [0.4, 0.5) is 0 Å². The van der Waals surface area contributed by atoms with Crippen molar-refractivity contribution in [1.29, 1.82) is 0 Å². The summed E-state index contributed by atoms with van der Waals surface area (Å²) in [4.78, 5) is 12.9. The highest BCUT2D eigenvalue weighted by Crippen LogP contribution is 2.67. The van der Waals surface area contributed by atoms with Crippen LogP contribution in [0.25, 0.3) is 0 Å². The van der Waals surface area contributed by atoms with Crippen molar-refractivity contribution in [2.75, 3.05) is 7.11 Å². The Bertz CT molecular complexity index is 780. The lowest BCUT2D eigenvalue weighted by Gasteiger charge is -2.57. The second-order valence-corrected chi connectivity index (χ2v) is 10.4. The molecular formula is C24H32O4. The van der Waals surface area contributed by atoms with Crippen LogP contribution in [0.1, 0.15) is 58.8 Å². The van der Waals surface area contributed by atoms with E-state index in [1.54, 1.807) is 0 Å². The number of esters is 1. The van der Waals surface area contributed by atoms with Gasteiger partial charge in [-0.05, 0) is 68.1 Å². The van der Waals surface area contributed by atoms with Crippen molar-refractivity contribution in [1.82, 2.24) is 0 Å². The Morgan fingerprint density at radius 2 is 2.07 bits per heavy atom. The zero-order chi connectivity index (χ0) is 19.9. The predicted molar refractivity (Wildman–Crippen MR) is 105 cm³/mol. The molecule has 1 N–H and O–H groups in total. The molecule has 0 radical (unpaired) electrons. The first-order valence-electron chi connectivity index (χ1n) is 10.9. The van der Waals surface area contributed by atoms with E-state index in [1.807, 2.05) is 0 Å². The van der Waals surface area contributed by atoms with Crippen LogP contribution < -0.4 is 0 Å². The molecule has 5 aliphatic rings. The van der Waals surface area contributed by atoms with E-state index in [0.29, 0.717) is 24.5 Å². The number of aliphatic hydroxyl groups is 1. The summed E-state index contributed by atoms with van der Waals surface area (Å²) in [5.41, 5.74) is 0.104. The Morgan fingerprint density at radius 1 is 1.29 bits per heavy atom. The minimum atomic E-state index is -1.09. The summed E-state index contributed by atoms with van der Waals surface area (Å²) in [6, 6.07) is 0. The largest absolute Gasteiger partial charge is 0.469 e. The summed E-state index contributed by atoms with van der Waals surface area (Å²) in [6.45, 7) is 4.55. The minimum absolute atomic E-state index is 0.101. The topological polar surface area (TPSA) is 59.1 Å². The van der Waals surface area contributed by atoms with Crippen molar-refractivity contribution in [3.05, 3.63) is 11.6 Å². The maximum Gasteiger partial charge on any atom is 0.309 e. The number of epoxide rings is 1. The summed E-state index contributed by atoms with van der Waals surface area (Å²) in [7, 11) is 1.50. The average molecular weight is 385 g/mol. The summed E-state index contributed by atoms with van der Waals surface area (Å²) in [5.74, 6) is 3.28. The van der Waals surface area contributed by atoms with Gasteiger partial charge in [-0.1, -0.05) is 31.4 Å². The van der Waals surface area contributed by atoms with Gasteiger partial charge < -0.3 is 14.6 Å². The van der Waals surface area contributed by atoms with Gasteiger partial charge >= 0.3 is 5.97 Å². The Morgan fingerprint density at radius 3 is 2.79 bits per heavy atom. The number of rotatable bonds is 1. The number of hydrogen-bond donors (Lipinski definition) is 1. The van der Waals surface area contributed by atoms with Crippen LogP contribution in [0.3, 0.4) is 0 Å². The molecule has 4 heteroatoms. The molecule has 3 saturated carbocycles. The van der Waals surface area contributed by atoms with E-state index < -0.39 is 5.60 Å². The van der Waals surface area contributed by atoms with Crippen molar-refractivity contribution >= 4 is 5.97 Å². The van der Waals surface area contributed by atoms with Crippen molar-refractivity contribution in [2.45, 2.75) is 76.6 Å². The van der Waals surface area contributed by atoms with Crippen molar-refractivity contribution in [2.24, 2.45) is 34.5 Å². The Kier molecular flexibility index (Phi) is 3.91. The molecule has 4 aliphatic carbocycles. The first-order chi connectivity index (χ1) is 13.3. The van der Waals surface area contributed by atoms with E-state index in [0.717, 1.165) is 38.5 Å². The molecule has 4 nitrogen and oxygen atoms in total. The van der Waals surface area contributed by atoms with Gasteiger partial charge in [-0.15, -0.1) is 6.42 Å². The van der Waals surface area contributed by atoms with Crippen molar-refractivity contribution < 1.29 is 19.4 Å². The fourth-order valence-electron chi connectivity index (χ4n) is 7.61. The SMILES string of the molecule is C#CC1(O)CCC2C3C(=CCC21C)C1(C)CCC2OC2CC1C[C@H]3C(=O)OC. The van der Waals surface area contributed by atoms with Gasteiger partial charge in [-0.2, -0.15) is 0 Å². The molecular weight excluding hydrogens is 352 g/mol. The predicted octanol–water partition coefficient (Wildman–Crippen LogP) is 3.48. The summed E-state index contributed by atoms with van der Waals surface area (Å²) in [6.07, 6.45) is 15.4. The Hall–Kier alpha value is -1.31. The van der Waals surface area contributed by atoms with Gasteiger partial charge in [-0.25, -0.2) is 0 Å². The molecule has 0 bridgehead atoms. The highest BCUT2D eigenvalue weighted by molar-refractivity contribution is 5.74. The zero-order valence-corrected chi connectivity index (χ0v) is 17.2. The van der Waals surface area contributed by atoms with Gasteiger partial charge in [0.05, 0.1) is 25.2 Å². The van der Waals surface area contributed by atoms with Crippen LogP contribution >= 0.6 is 0 Å². The molecule has 0 aromatic rings. The van der Waals surface area contributed by atoms with E-state index in [2.05, 4.69) is 25.8 Å². The number of carbonyl (C=O) groups excluding carboxylic acids is 1. The quantitative estimate of drug-likeness (QED) is 0.325. The average Bonchev–Trinajstić information content (AvgIpc) is 3.39. The molecule has 9 atom stereocenters. The highest BCUT2D eigenvalue weighted by atomic mass is 16.6. The van der Waals surface area contributed by atoms with Crippen LogP contribution in [-0.4, -0.2) is 36.0 Å². The molecule has 5 rings (SSSR count). The van der Waals surface area contributed by atoms with Gasteiger partial charge in [0.25, 0.3) is 0 Å². The van der Waals surface area contributed by atoms with Crippen LogP contribution in [0, 0.1) is 46.8 Å². The lowest BCUT2D eigenvalue weighted by Crippen LogP contribution is -2.54. The molecule has 152 valence electrons. The van der Waals surface area contributed by atoms with Gasteiger partial charge in [-0.3, -0.25) is 4.79 Å². The fraction of sp³-hybridized carbons (Fsp3) is 0.792. The molecule has 0 aromatic heterocycles. The van der Waals surface area contributed by atoms with E-state index in [-0.39, 0.29) is 34.6 Å². The number of carbonyl (C=O) groups is 1. The Balaban J connectivity index is 1.61. The molecule has 28 heavy (non-hydrogen) atoms. The highest BCUT2D eigenvalue weighted by Gasteiger charge is 2.65.